The molecule has 0 aliphatic heterocycles. The maximum Gasteiger partial charge on any atom is 0.330 e. The average molecular weight is 351 g/mol. The third kappa shape index (κ3) is 12.9. The third-order valence-electron chi connectivity index (χ3n) is 2.63. The molecule has 0 radical (unpaired) electrons. The van der Waals surface area contributed by atoms with Gasteiger partial charge in [0.2, 0.25) is 0 Å². The van der Waals surface area contributed by atoms with Gasteiger partial charge in [0.05, 0.1) is 12.5 Å². The fraction of sp³-hybridized carbons (Fsp3) is 0.0952. The third-order valence-corrected chi connectivity index (χ3v) is 2.63. The highest BCUT2D eigenvalue weighted by atomic mass is 16.5. The Hall–Kier alpha value is -3.65. The Labute approximate surface area is 153 Å². The zero-order valence-electron chi connectivity index (χ0n) is 14.4. The Bertz CT molecular complexity index is 722. The standard InChI is InChI=1S/C15H13N.C6H8O4/c1-2-3-8-14(11-7-12-16)13-15-9-5-4-6-10-15;1-2-6(9)10-4-3-5(7)8/h2-11,13H,1H2;2H,1,3-4H2,(H,7,8). The number of carbonyl (C=O) groups is 2. The van der Waals surface area contributed by atoms with Crippen molar-refractivity contribution >= 4 is 18.0 Å². The molecule has 1 aromatic carbocycles. The zero-order valence-corrected chi connectivity index (χ0v) is 14.4. The summed E-state index contributed by atoms with van der Waals surface area (Å²) in [6, 6.07) is 11.9. The van der Waals surface area contributed by atoms with E-state index in [4.69, 9.17) is 10.4 Å². The van der Waals surface area contributed by atoms with Gasteiger partial charge in [-0.25, -0.2) is 4.79 Å². The topological polar surface area (TPSA) is 87.4 Å². The monoisotopic (exact) mass is 351 g/mol. The second-order valence-corrected chi connectivity index (χ2v) is 4.63. The van der Waals surface area contributed by atoms with Crippen LogP contribution in [0, 0.1) is 11.3 Å². The molecule has 0 aliphatic rings. The lowest BCUT2D eigenvalue weighted by molar-refractivity contribution is -0.142. The molecule has 0 saturated carbocycles. The number of allylic oxidation sites excluding steroid dienone is 6. The van der Waals surface area contributed by atoms with Crippen LogP contribution in [-0.4, -0.2) is 23.7 Å². The molecule has 0 spiro atoms. The van der Waals surface area contributed by atoms with Gasteiger partial charge in [-0.3, -0.25) is 4.79 Å². The smallest absolute Gasteiger partial charge is 0.330 e. The molecule has 5 nitrogen and oxygen atoms in total. The van der Waals surface area contributed by atoms with Crippen molar-refractivity contribution < 1.29 is 19.4 Å². The summed E-state index contributed by atoms with van der Waals surface area (Å²) in [4.78, 5) is 20.1. The minimum Gasteiger partial charge on any atom is -0.481 e. The van der Waals surface area contributed by atoms with Gasteiger partial charge in [-0.15, -0.1) is 0 Å². The average Bonchev–Trinajstić information content (AvgIpc) is 2.64. The van der Waals surface area contributed by atoms with Crippen molar-refractivity contribution in [1.82, 2.24) is 0 Å². The molecule has 0 fully saturated rings. The van der Waals surface area contributed by atoms with Crippen LogP contribution in [0.25, 0.3) is 6.08 Å². The number of nitriles is 1. The van der Waals surface area contributed by atoms with Gasteiger partial charge in [0.15, 0.2) is 0 Å². The van der Waals surface area contributed by atoms with Crippen LogP contribution < -0.4 is 0 Å². The molecule has 1 N–H and O–H groups in total. The summed E-state index contributed by atoms with van der Waals surface area (Å²) < 4.78 is 4.36. The molecule has 0 bridgehead atoms. The number of esters is 1. The van der Waals surface area contributed by atoms with E-state index in [1.807, 2.05) is 54.6 Å². The highest BCUT2D eigenvalue weighted by Crippen LogP contribution is 2.09. The van der Waals surface area contributed by atoms with Crippen LogP contribution in [0.1, 0.15) is 12.0 Å². The van der Waals surface area contributed by atoms with Gasteiger partial charge in [-0.2, -0.15) is 5.26 Å². The Morgan fingerprint density at radius 1 is 1.19 bits per heavy atom. The molecule has 0 aliphatic carbocycles. The van der Waals surface area contributed by atoms with Crippen molar-refractivity contribution in [1.29, 1.82) is 5.26 Å². The Balaban J connectivity index is 0.000000541. The van der Waals surface area contributed by atoms with Crippen LogP contribution >= 0.6 is 0 Å². The second kappa shape index (κ2) is 14.9. The second-order valence-electron chi connectivity index (χ2n) is 4.63. The first-order valence-electron chi connectivity index (χ1n) is 7.66. The first-order chi connectivity index (χ1) is 12.5. The number of hydrogen-bond acceptors (Lipinski definition) is 4. The molecular weight excluding hydrogens is 330 g/mol. The number of benzene rings is 1. The molecule has 0 unspecified atom stereocenters. The first-order valence-corrected chi connectivity index (χ1v) is 7.66. The predicted octanol–water partition coefficient (Wildman–Crippen LogP) is 4.08. The molecule has 0 heterocycles. The van der Waals surface area contributed by atoms with E-state index in [2.05, 4.69) is 17.9 Å². The summed E-state index contributed by atoms with van der Waals surface area (Å²) in [6.07, 6.45) is 11.5. The van der Waals surface area contributed by atoms with Crippen molar-refractivity contribution in [2.75, 3.05) is 6.61 Å². The van der Waals surface area contributed by atoms with E-state index in [1.54, 1.807) is 12.2 Å². The number of carboxylic acid groups (broad SMARTS) is 1. The highest BCUT2D eigenvalue weighted by molar-refractivity contribution is 5.81. The maximum absolute atomic E-state index is 10.3. The number of nitrogens with zero attached hydrogens (tertiary/aromatic N) is 1. The lowest BCUT2D eigenvalue weighted by Gasteiger charge is -1.96. The number of hydrogen-bond donors (Lipinski definition) is 1. The quantitative estimate of drug-likeness (QED) is 0.330. The highest BCUT2D eigenvalue weighted by Gasteiger charge is 1.98. The normalized spacial score (nSPS) is 10.5. The van der Waals surface area contributed by atoms with E-state index in [0.29, 0.717) is 0 Å². The summed E-state index contributed by atoms with van der Waals surface area (Å²) in [7, 11) is 0. The molecule has 0 amide bonds. The zero-order chi connectivity index (χ0) is 19.6. The molecule has 1 aromatic rings. The Morgan fingerprint density at radius 2 is 1.88 bits per heavy atom. The van der Waals surface area contributed by atoms with Gasteiger partial charge in [0.25, 0.3) is 0 Å². The SMILES string of the molecule is C=CC(=O)OCCC(=O)O.C=CC=CC(C=CC#N)=Cc1ccccc1. The van der Waals surface area contributed by atoms with Crippen LogP contribution in [0.4, 0.5) is 0 Å². The summed E-state index contributed by atoms with van der Waals surface area (Å²) in [5.74, 6) is -1.59. The van der Waals surface area contributed by atoms with Gasteiger partial charge < -0.3 is 9.84 Å². The van der Waals surface area contributed by atoms with Crippen LogP contribution in [0.15, 0.2) is 85.5 Å². The van der Waals surface area contributed by atoms with Gasteiger partial charge in [0, 0.05) is 12.2 Å². The molecule has 26 heavy (non-hydrogen) atoms. The van der Waals surface area contributed by atoms with Gasteiger partial charge in [0.1, 0.15) is 6.61 Å². The van der Waals surface area contributed by atoms with E-state index in [0.717, 1.165) is 17.2 Å². The molecule has 0 aromatic heterocycles. The number of ether oxygens (including phenoxy) is 1. The van der Waals surface area contributed by atoms with E-state index in [1.165, 1.54) is 6.08 Å². The molecular formula is C21H21NO4. The fourth-order valence-electron chi connectivity index (χ4n) is 1.50. The molecule has 0 saturated heterocycles. The van der Waals surface area contributed by atoms with E-state index in [-0.39, 0.29) is 13.0 Å². The Kier molecular flexibility index (Phi) is 12.8. The lowest BCUT2D eigenvalue weighted by atomic mass is 10.1. The number of carboxylic acids is 1. The lowest BCUT2D eigenvalue weighted by Crippen LogP contribution is -2.06. The summed E-state index contributed by atoms with van der Waals surface area (Å²) in [6.45, 7) is 6.66. The van der Waals surface area contributed by atoms with Crippen molar-refractivity contribution in [2.24, 2.45) is 0 Å². The van der Waals surface area contributed by atoms with Crippen LogP contribution in [-0.2, 0) is 14.3 Å². The molecule has 5 heteroatoms. The minimum absolute atomic E-state index is 0.0970. The first kappa shape index (κ1) is 22.4. The van der Waals surface area contributed by atoms with Crippen LogP contribution in [0.3, 0.4) is 0 Å². The van der Waals surface area contributed by atoms with Crippen LogP contribution in [0.5, 0.6) is 0 Å². The van der Waals surface area contributed by atoms with E-state index >= 15 is 0 Å². The van der Waals surface area contributed by atoms with Crippen molar-refractivity contribution in [2.45, 2.75) is 6.42 Å². The molecule has 1 rings (SSSR count). The number of carbonyl (C=O) groups excluding carboxylic acids is 1. The minimum atomic E-state index is -0.989. The largest absolute Gasteiger partial charge is 0.481 e. The van der Waals surface area contributed by atoms with Gasteiger partial charge in [-0.05, 0) is 23.3 Å². The number of rotatable bonds is 8. The molecule has 0 atom stereocenters. The Morgan fingerprint density at radius 3 is 2.42 bits per heavy atom. The van der Waals surface area contributed by atoms with E-state index in [9.17, 15) is 9.59 Å². The molecule has 134 valence electrons. The van der Waals surface area contributed by atoms with Crippen molar-refractivity contribution in [3.8, 4) is 6.07 Å². The predicted molar refractivity (Wildman–Crippen MR) is 102 cm³/mol. The van der Waals surface area contributed by atoms with Gasteiger partial charge >= 0.3 is 11.9 Å². The van der Waals surface area contributed by atoms with Crippen LogP contribution in [0.2, 0.25) is 0 Å². The number of aliphatic carboxylic acids is 1. The van der Waals surface area contributed by atoms with Crippen molar-refractivity contribution in [3.63, 3.8) is 0 Å². The summed E-state index contributed by atoms with van der Waals surface area (Å²) in [5.41, 5.74) is 2.07. The van der Waals surface area contributed by atoms with Crippen molar-refractivity contribution in [3.05, 3.63) is 91.1 Å². The maximum atomic E-state index is 10.3. The fourth-order valence-corrected chi connectivity index (χ4v) is 1.50. The van der Waals surface area contributed by atoms with E-state index < -0.39 is 11.9 Å². The van der Waals surface area contributed by atoms with Gasteiger partial charge in [-0.1, -0.05) is 61.7 Å². The summed E-state index contributed by atoms with van der Waals surface area (Å²) >= 11 is 0. The summed E-state index contributed by atoms with van der Waals surface area (Å²) in [5, 5.41) is 16.6.